The van der Waals surface area contributed by atoms with Gasteiger partial charge in [0, 0.05) is 11.3 Å². The molecule has 5 heteroatoms. The SMILES string of the molecule is CCc1cc(Cl)nc(-c2ccc3c(c2)OCO3)n1. The smallest absolute Gasteiger partial charge is 0.231 e. The van der Waals surface area contributed by atoms with E-state index >= 15 is 0 Å². The zero-order valence-corrected chi connectivity index (χ0v) is 10.6. The number of fused-ring (bicyclic) bond motifs is 1. The fourth-order valence-corrected chi connectivity index (χ4v) is 2.02. The Morgan fingerprint density at radius 2 is 2.00 bits per heavy atom. The molecule has 1 aliphatic heterocycles. The number of rotatable bonds is 2. The van der Waals surface area contributed by atoms with E-state index in [0.29, 0.717) is 16.7 Å². The van der Waals surface area contributed by atoms with E-state index in [9.17, 15) is 0 Å². The number of hydrogen-bond acceptors (Lipinski definition) is 4. The normalized spacial score (nSPS) is 12.8. The molecule has 18 heavy (non-hydrogen) atoms. The molecule has 0 bridgehead atoms. The third kappa shape index (κ3) is 1.99. The molecule has 0 spiro atoms. The number of aromatic nitrogens is 2. The maximum Gasteiger partial charge on any atom is 0.231 e. The van der Waals surface area contributed by atoms with E-state index in [2.05, 4.69) is 9.97 Å². The summed E-state index contributed by atoms with van der Waals surface area (Å²) in [7, 11) is 0. The van der Waals surface area contributed by atoms with E-state index in [1.807, 2.05) is 25.1 Å². The Bertz CT molecular complexity index is 602. The van der Waals surface area contributed by atoms with Crippen molar-refractivity contribution in [1.29, 1.82) is 0 Å². The molecule has 0 amide bonds. The van der Waals surface area contributed by atoms with Gasteiger partial charge in [0.05, 0.1) is 0 Å². The van der Waals surface area contributed by atoms with Crippen molar-refractivity contribution in [3.8, 4) is 22.9 Å². The lowest BCUT2D eigenvalue weighted by molar-refractivity contribution is 0.174. The second kappa shape index (κ2) is 4.46. The third-order valence-corrected chi connectivity index (χ3v) is 2.93. The molecular weight excluding hydrogens is 252 g/mol. The molecule has 0 aliphatic carbocycles. The van der Waals surface area contributed by atoms with Crippen LogP contribution in [0.25, 0.3) is 11.4 Å². The van der Waals surface area contributed by atoms with Crippen LogP contribution in [-0.4, -0.2) is 16.8 Å². The summed E-state index contributed by atoms with van der Waals surface area (Å²) in [5.74, 6) is 2.07. The van der Waals surface area contributed by atoms with Crippen molar-refractivity contribution in [3.63, 3.8) is 0 Å². The van der Waals surface area contributed by atoms with Crippen LogP contribution in [0.1, 0.15) is 12.6 Å². The first-order valence-corrected chi connectivity index (χ1v) is 6.07. The van der Waals surface area contributed by atoms with Gasteiger partial charge in [-0.3, -0.25) is 0 Å². The zero-order valence-electron chi connectivity index (χ0n) is 9.81. The largest absolute Gasteiger partial charge is 0.454 e. The first-order valence-electron chi connectivity index (χ1n) is 5.70. The highest BCUT2D eigenvalue weighted by molar-refractivity contribution is 6.29. The van der Waals surface area contributed by atoms with Crippen LogP contribution in [0.4, 0.5) is 0 Å². The van der Waals surface area contributed by atoms with E-state index < -0.39 is 0 Å². The maximum absolute atomic E-state index is 5.99. The third-order valence-electron chi connectivity index (χ3n) is 2.74. The minimum atomic E-state index is 0.259. The predicted molar refractivity (Wildman–Crippen MR) is 68.0 cm³/mol. The highest BCUT2D eigenvalue weighted by Crippen LogP contribution is 2.35. The lowest BCUT2D eigenvalue weighted by Gasteiger charge is -2.04. The molecule has 4 nitrogen and oxygen atoms in total. The van der Waals surface area contributed by atoms with Gasteiger partial charge >= 0.3 is 0 Å². The van der Waals surface area contributed by atoms with Gasteiger partial charge in [-0.05, 0) is 30.7 Å². The van der Waals surface area contributed by atoms with Crippen molar-refractivity contribution >= 4 is 11.6 Å². The first-order chi connectivity index (χ1) is 8.76. The van der Waals surface area contributed by atoms with Crippen molar-refractivity contribution in [1.82, 2.24) is 9.97 Å². The van der Waals surface area contributed by atoms with E-state index in [4.69, 9.17) is 21.1 Å². The second-order valence-electron chi connectivity index (χ2n) is 3.93. The highest BCUT2D eigenvalue weighted by atomic mass is 35.5. The fourth-order valence-electron chi connectivity index (χ4n) is 1.81. The van der Waals surface area contributed by atoms with Gasteiger partial charge in [-0.25, -0.2) is 9.97 Å². The minimum Gasteiger partial charge on any atom is -0.454 e. The van der Waals surface area contributed by atoms with Gasteiger partial charge in [0.1, 0.15) is 5.15 Å². The van der Waals surface area contributed by atoms with Gasteiger partial charge in [0.15, 0.2) is 17.3 Å². The van der Waals surface area contributed by atoms with Gasteiger partial charge in [0.25, 0.3) is 0 Å². The van der Waals surface area contributed by atoms with Crippen molar-refractivity contribution in [2.24, 2.45) is 0 Å². The predicted octanol–water partition coefficient (Wildman–Crippen LogP) is 3.09. The summed E-state index contributed by atoms with van der Waals surface area (Å²) in [6, 6.07) is 7.40. The Balaban J connectivity index is 2.06. The lowest BCUT2D eigenvalue weighted by atomic mass is 10.2. The molecule has 1 aromatic heterocycles. The number of nitrogens with zero attached hydrogens (tertiary/aromatic N) is 2. The molecule has 0 radical (unpaired) electrons. The van der Waals surface area contributed by atoms with E-state index in [1.165, 1.54) is 0 Å². The first kappa shape index (κ1) is 11.3. The van der Waals surface area contributed by atoms with Crippen LogP contribution in [0.5, 0.6) is 11.5 Å². The molecule has 0 saturated carbocycles. The fraction of sp³-hybridized carbons (Fsp3) is 0.231. The highest BCUT2D eigenvalue weighted by Gasteiger charge is 2.15. The summed E-state index contributed by atoms with van der Waals surface area (Å²) in [6.07, 6.45) is 0.819. The summed E-state index contributed by atoms with van der Waals surface area (Å²) in [5, 5.41) is 0.453. The molecule has 92 valence electrons. The number of benzene rings is 1. The van der Waals surface area contributed by atoms with Crippen LogP contribution in [0, 0.1) is 0 Å². The molecule has 2 aromatic rings. The molecule has 0 saturated heterocycles. The van der Waals surface area contributed by atoms with Crippen molar-refractivity contribution in [3.05, 3.63) is 35.1 Å². The molecule has 1 aliphatic rings. The average Bonchev–Trinajstić information content (AvgIpc) is 2.85. The number of ether oxygens (including phenoxy) is 2. The van der Waals surface area contributed by atoms with E-state index in [1.54, 1.807) is 6.07 Å². The molecule has 3 rings (SSSR count). The molecule has 0 N–H and O–H groups in total. The van der Waals surface area contributed by atoms with Gasteiger partial charge < -0.3 is 9.47 Å². The summed E-state index contributed by atoms with van der Waals surface area (Å²) in [5.41, 5.74) is 1.79. The van der Waals surface area contributed by atoms with Crippen LogP contribution in [0.2, 0.25) is 5.15 Å². The quantitative estimate of drug-likeness (QED) is 0.780. The van der Waals surface area contributed by atoms with Crippen molar-refractivity contribution in [2.75, 3.05) is 6.79 Å². The molecule has 0 unspecified atom stereocenters. The lowest BCUT2D eigenvalue weighted by Crippen LogP contribution is -1.95. The monoisotopic (exact) mass is 262 g/mol. The van der Waals surface area contributed by atoms with Gasteiger partial charge in [0.2, 0.25) is 6.79 Å². The standard InChI is InChI=1S/C13H11ClN2O2/c1-2-9-6-12(14)16-13(15-9)8-3-4-10-11(5-8)18-7-17-10/h3-6H,2,7H2,1H3. The Kier molecular flexibility index (Phi) is 2.80. The Morgan fingerprint density at radius 3 is 2.83 bits per heavy atom. The van der Waals surface area contributed by atoms with E-state index in [-0.39, 0.29) is 6.79 Å². The van der Waals surface area contributed by atoms with Crippen molar-refractivity contribution in [2.45, 2.75) is 13.3 Å². The maximum atomic E-state index is 5.99. The average molecular weight is 263 g/mol. The van der Waals surface area contributed by atoms with E-state index in [0.717, 1.165) is 23.4 Å². The molecule has 0 atom stereocenters. The van der Waals surface area contributed by atoms with Gasteiger partial charge in [-0.15, -0.1) is 0 Å². The van der Waals surface area contributed by atoms with Crippen LogP contribution < -0.4 is 9.47 Å². The number of aryl methyl sites for hydroxylation is 1. The second-order valence-corrected chi connectivity index (χ2v) is 4.31. The van der Waals surface area contributed by atoms with Crippen LogP contribution in [0.3, 0.4) is 0 Å². The summed E-state index contributed by atoms with van der Waals surface area (Å²) in [4.78, 5) is 8.69. The number of hydrogen-bond donors (Lipinski definition) is 0. The summed E-state index contributed by atoms with van der Waals surface area (Å²) < 4.78 is 10.6. The van der Waals surface area contributed by atoms with Gasteiger partial charge in [-0.1, -0.05) is 18.5 Å². The molecule has 0 fully saturated rings. The van der Waals surface area contributed by atoms with Crippen LogP contribution >= 0.6 is 11.6 Å². The number of halogens is 1. The molecule has 1 aromatic carbocycles. The topological polar surface area (TPSA) is 44.2 Å². The van der Waals surface area contributed by atoms with Crippen LogP contribution in [0.15, 0.2) is 24.3 Å². The molecule has 2 heterocycles. The van der Waals surface area contributed by atoms with Crippen molar-refractivity contribution < 1.29 is 9.47 Å². The molecular formula is C13H11ClN2O2. The summed E-state index contributed by atoms with van der Waals surface area (Å²) in [6.45, 7) is 2.29. The zero-order chi connectivity index (χ0) is 12.5. The van der Waals surface area contributed by atoms with Crippen LogP contribution in [-0.2, 0) is 6.42 Å². The van der Waals surface area contributed by atoms with Gasteiger partial charge in [-0.2, -0.15) is 0 Å². The Labute approximate surface area is 110 Å². The Morgan fingerprint density at radius 1 is 1.17 bits per heavy atom. The summed E-state index contributed by atoms with van der Waals surface area (Å²) >= 11 is 5.99. The Hall–Kier alpha value is -1.81. The minimum absolute atomic E-state index is 0.259.